The lowest BCUT2D eigenvalue weighted by molar-refractivity contribution is -0.121. The van der Waals surface area contributed by atoms with Crippen molar-refractivity contribution in [3.8, 4) is 0 Å². The van der Waals surface area contributed by atoms with Gasteiger partial charge in [-0.15, -0.1) is 0 Å². The summed E-state index contributed by atoms with van der Waals surface area (Å²) >= 11 is 0. The van der Waals surface area contributed by atoms with Gasteiger partial charge in [0.05, 0.1) is 6.26 Å². The summed E-state index contributed by atoms with van der Waals surface area (Å²) in [5.41, 5.74) is 2.35. The van der Waals surface area contributed by atoms with Crippen molar-refractivity contribution in [2.45, 2.75) is 50.0 Å². The quantitative estimate of drug-likeness (QED) is 0.824. The second-order valence-electron chi connectivity index (χ2n) is 7.46. The lowest BCUT2D eigenvalue weighted by atomic mass is 9.81. The normalized spacial score (nSPS) is 26.2. The molecule has 0 aromatic heterocycles. The van der Waals surface area contributed by atoms with Crippen LogP contribution in [0, 0.1) is 0 Å². The van der Waals surface area contributed by atoms with Gasteiger partial charge in [0.2, 0.25) is 15.9 Å². The number of sulfonamides is 1. The van der Waals surface area contributed by atoms with Crippen molar-refractivity contribution in [1.29, 1.82) is 0 Å². The van der Waals surface area contributed by atoms with Crippen LogP contribution in [-0.2, 0) is 20.2 Å². The number of carbonyl (C=O) groups is 1. The molecular formula is C18H24N2O3S. The lowest BCUT2D eigenvalue weighted by Crippen LogP contribution is -2.48. The number of fused-ring (bicyclic) bond motifs is 2. The van der Waals surface area contributed by atoms with Crippen molar-refractivity contribution < 1.29 is 13.2 Å². The summed E-state index contributed by atoms with van der Waals surface area (Å²) in [7, 11) is -3.35. The monoisotopic (exact) mass is 348 g/mol. The number of anilines is 1. The van der Waals surface area contributed by atoms with Crippen LogP contribution in [0.2, 0.25) is 0 Å². The third kappa shape index (κ3) is 2.39. The number of rotatable bonds is 2. The predicted molar refractivity (Wildman–Crippen MR) is 93.5 cm³/mol. The Bertz CT molecular complexity index is 768. The van der Waals surface area contributed by atoms with Gasteiger partial charge in [0.25, 0.3) is 0 Å². The highest BCUT2D eigenvalue weighted by atomic mass is 32.2. The first-order valence-corrected chi connectivity index (χ1v) is 10.6. The van der Waals surface area contributed by atoms with Crippen LogP contribution in [-0.4, -0.2) is 44.0 Å². The molecule has 6 heteroatoms. The Hall–Kier alpha value is -1.40. The average molecular weight is 348 g/mol. The molecule has 1 saturated carbocycles. The van der Waals surface area contributed by atoms with Crippen molar-refractivity contribution >= 4 is 21.6 Å². The molecule has 0 bridgehead atoms. The first-order valence-electron chi connectivity index (χ1n) is 8.80. The predicted octanol–water partition coefficient (Wildman–Crippen LogP) is 2.27. The van der Waals surface area contributed by atoms with E-state index in [-0.39, 0.29) is 11.3 Å². The zero-order valence-electron chi connectivity index (χ0n) is 14.1. The minimum absolute atomic E-state index is 0.0471. The lowest BCUT2D eigenvalue weighted by Gasteiger charge is -2.28. The Balaban J connectivity index is 1.69. The smallest absolute Gasteiger partial charge is 0.245 e. The van der Waals surface area contributed by atoms with Gasteiger partial charge in [-0.2, -0.15) is 4.31 Å². The summed E-state index contributed by atoms with van der Waals surface area (Å²) in [5, 5.41) is 0. The molecule has 2 fully saturated rings. The third-order valence-corrected chi connectivity index (χ3v) is 7.26. The van der Waals surface area contributed by atoms with E-state index in [9.17, 15) is 13.2 Å². The van der Waals surface area contributed by atoms with Crippen LogP contribution in [0.5, 0.6) is 0 Å². The molecule has 1 amide bonds. The van der Waals surface area contributed by atoms with E-state index >= 15 is 0 Å². The molecule has 1 aromatic carbocycles. The second kappa shape index (κ2) is 5.56. The molecule has 0 radical (unpaired) electrons. The first kappa shape index (κ1) is 16.1. The molecule has 3 aliphatic rings. The molecule has 0 N–H and O–H groups in total. The fourth-order valence-electron chi connectivity index (χ4n) is 4.87. The Morgan fingerprint density at radius 2 is 1.88 bits per heavy atom. The Morgan fingerprint density at radius 3 is 2.58 bits per heavy atom. The van der Waals surface area contributed by atoms with Crippen LogP contribution in [0.15, 0.2) is 24.3 Å². The first-order chi connectivity index (χ1) is 11.4. The summed E-state index contributed by atoms with van der Waals surface area (Å²) in [5.74, 6) is -0.0471. The molecule has 5 nitrogen and oxygen atoms in total. The summed E-state index contributed by atoms with van der Waals surface area (Å²) in [6.45, 7) is 1.16. The third-order valence-electron chi connectivity index (χ3n) is 5.97. The fourth-order valence-corrected chi connectivity index (χ4v) is 5.99. The molecule has 130 valence electrons. The largest absolute Gasteiger partial charge is 0.310 e. The SMILES string of the molecule is CS(=O)(=O)N1CCCC1C(=O)N1CC2(CCCC2)c2ccccc21. The number of para-hydroxylation sites is 1. The highest BCUT2D eigenvalue weighted by Crippen LogP contribution is 2.50. The minimum Gasteiger partial charge on any atom is -0.310 e. The van der Waals surface area contributed by atoms with Gasteiger partial charge >= 0.3 is 0 Å². The Morgan fingerprint density at radius 1 is 1.17 bits per heavy atom. The summed E-state index contributed by atoms with van der Waals surface area (Å²) in [6, 6.07) is 7.64. The molecule has 2 aliphatic heterocycles. The molecule has 1 unspecified atom stereocenters. The van der Waals surface area contributed by atoms with Gasteiger partial charge in [-0.3, -0.25) is 4.79 Å². The van der Waals surface area contributed by atoms with Crippen LogP contribution in [0.1, 0.15) is 44.1 Å². The minimum atomic E-state index is -3.35. The highest BCUT2D eigenvalue weighted by molar-refractivity contribution is 7.88. The molecule has 24 heavy (non-hydrogen) atoms. The van der Waals surface area contributed by atoms with E-state index in [0.717, 1.165) is 24.9 Å². The van der Waals surface area contributed by atoms with E-state index in [1.54, 1.807) is 0 Å². The van der Waals surface area contributed by atoms with Crippen LogP contribution in [0.4, 0.5) is 5.69 Å². The molecule has 4 rings (SSSR count). The van der Waals surface area contributed by atoms with Crippen LogP contribution in [0.25, 0.3) is 0 Å². The van der Waals surface area contributed by atoms with Crippen LogP contribution >= 0.6 is 0 Å². The van der Waals surface area contributed by atoms with Crippen LogP contribution in [0.3, 0.4) is 0 Å². The second-order valence-corrected chi connectivity index (χ2v) is 9.40. The summed E-state index contributed by atoms with van der Waals surface area (Å²) in [4.78, 5) is 15.1. The van der Waals surface area contributed by atoms with Crippen molar-refractivity contribution in [1.82, 2.24) is 4.31 Å². The summed E-state index contributed by atoms with van der Waals surface area (Å²) < 4.78 is 25.4. The van der Waals surface area contributed by atoms with E-state index in [1.807, 2.05) is 23.1 Å². The molecule has 1 atom stereocenters. The maximum Gasteiger partial charge on any atom is 0.245 e. The topological polar surface area (TPSA) is 57.7 Å². The van der Waals surface area contributed by atoms with Crippen molar-refractivity contribution in [2.75, 3.05) is 24.2 Å². The molecule has 1 saturated heterocycles. The van der Waals surface area contributed by atoms with Gasteiger partial charge in [0.15, 0.2) is 0 Å². The van der Waals surface area contributed by atoms with Gasteiger partial charge < -0.3 is 4.90 Å². The molecule has 2 heterocycles. The van der Waals surface area contributed by atoms with Gasteiger partial charge in [0.1, 0.15) is 6.04 Å². The Kier molecular flexibility index (Phi) is 3.73. The number of amides is 1. The molecule has 1 aromatic rings. The maximum absolute atomic E-state index is 13.2. The fraction of sp³-hybridized carbons (Fsp3) is 0.611. The number of nitrogens with zero attached hydrogens (tertiary/aromatic N) is 2. The van der Waals surface area contributed by atoms with Crippen molar-refractivity contribution in [3.05, 3.63) is 29.8 Å². The van der Waals surface area contributed by atoms with Gasteiger partial charge in [0, 0.05) is 24.2 Å². The average Bonchev–Trinajstić information content (AvgIpc) is 3.27. The van der Waals surface area contributed by atoms with E-state index in [1.165, 1.54) is 29.0 Å². The maximum atomic E-state index is 13.2. The number of hydrogen-bond donors (Lipinski definition) is 0. The van der Waals surface area contributed by atoms with Crippen molar-refractivity contribution in [2.24, 2.45) is 0 Å². The highest BCUT2D eigenvalue weighted by Gasteiger charge is 2.48. The molecular weight excluding hydrogens is 324 g/mol. The molecule has 1 spiro atoms. The van der Waals surface area contributed by atoms with Gasteiger partial charge in [-0.05, 0) is 37.3 Å². The van der Waals surface area contributed by atoms with Gasteiger partial charge in [-0.25, -0.2) is 8.42 Å². The number of benzene rings is 1. The van der Waals surface area contributed by atoms with E-state index in [4.69, 9.17) is 0 Å². The van der Waals surface area contributed by atoms with E-state index in [2.05, 4.69) is 6.07 Å². The zero-order valence-corrected chi connectivity index (χ0v) is 14.9. The van der Waals surface area contributed by atoms with E-state index in [0.29, 0.717) is 19.5 Å². The van der Waals surface area contributed by atoms with Crippen LogP contribution < -0.4 is 4.90 Å². The summed E-state index contributed by atoms with van der Waals surface area (Å²) in [6.07, 6.45) is 7.23. The standard InChI is InChI=1S/C18H24N2O3S/c1-24(22,23)20-12-6-9-16(20)17(21)19-13-18(10-4-5-11-18)14-7-2-3-8-15(14)19/h2-3,7-8,16H,4-6,9-13H2,1H3. The van der Waals surface area contributed by atoms with Gasteiger partial charge in [-0.1, -0.05) is 31.0 Å². The van der Waals surface area contributed by atoms with E-state index < -0.39 is 16.1 Å². The number of carbonyl (C=O) groups excluding carboxylic acids is 1. The number of hydrogen-bond acceptors (Lipinski definition) is 3. The zero-order chi connectivity index (χ0) is 16.9. The molecule has 1 aliphatic carbocycles. The Labute approximate surface area is 143 Å². The van der Waals surface area contributed by atoms with Crippen molar-refractivity contribution in [3.63, 3.8) is 0 Å².